The summed E-state index contributed by atoms with van der Waals surface area (Å²) in [5, 5.41) is 0.353. The van der Waals surface area contributed by atoms with Crippen molar-refractivity contribution in [1.82, 2.24) is 9.88 Å². The topological polar surface area (TPSA) is 105 Å². The number of hydrogen-bond donors (Lipinski definition) is 0. The van der Waals surface area contributed by atoms with Gasteiger partial charge < -0.3 is 4.90 Å². The van der Waals surface area contributed by atoms with E-state index in [9.17, 15) is 21.6 Å². The molecule has 11 heteroatoms. The van der Waals surface area contributed by atoms with Crippen molar-refractivity contribution >= 4 is 52.3 Å². The number of rotatable bonds is 8. The second-order valence-electron chi connectivity index (χ2n) is 7.56. The van der Waals surface area contributed by atoms with E-state index in [1.807, 2.05) is 19.0 Å². The van der Waals surface area contributed by atoms with Crippen LogP contribution in [0.3, 0.4) is 0 Å². The lowest BCUT2D eigenvalue weighted by atomic mass is 10.2. The third-order valence-electron chi connectivity index (χ3n) is 4.84. The van der Waals surface area contributed by atoms with Crippen LogP contribution in [0.1, 0.15) is 17.3 Å². The van der Waals surface area contributed by atoms with Crippen LogP contribution >= 0.6 is 11.3 Å². The average molecular weight is 496 g/mol. The second-order valence-corrected chi connectivity index (χ2v) is 12.8. The number of sulfone groups is 2. The van der Waals surface area contributed by atoms with Gasteiger partial charge in [0, 0.05) is 24.9 Å². The van der Waals surface area contributed by atoms with Crippen LogP contribution in [-0.4, -0.2) is 71.8 Å². The Morgan fingerprint density at radius 3 is 2.34 bits per heavy atom. The molecule has 0 aliphatic rings. The molecule has 0 aliphatic carbocycles. The molecule has 3 aromatic rings. The fourth-order valence-electron chi connectivity index (χ4n) is 3.06. The minimum Gasteiger partial charge on any atom is -0.308 e. The maximum Gasteiger partial charge on any atom is 0.260 e. The van der Waals surface area contributed by atoms with Crippen LogP contribution < -0.4 is 4.90 Å². The summed E-state index contributed by atoms with van der Waals surface area (Å²) >= 11 is 1.22. The number of amides is 1. The lowest BCUT2D eigenvalue weighted by Crippen LogP contribution is -2.36. The van der Waals surface area contributed by atoms with E-state index in [4.69, 9.17) is 0 Å². The molecule has 8 nitrogen and oxygen atoms in total. The SMILES string of the molecule is CCS(=O)(=O)c1cccc(C(=O)N(CCN(C)C)c2nc3c(S(C)(=O)=O)cccc3s2)c1. The normalized spacial score (nSPS) is 12.4. The van der Waals surface area contributed by atoms with Gasteiger partial charge in [-0.15, -0.1) is 0 Å². The van der Waals surface area contributed by atoms with Gasteiger partial charge in [-0.1, -0.05) is 30.4 Å². The highest BCUT2D eigenvalue weighted by molar-refractivity contribution is 7.91. The fourth-order valence-corrected chi connectivity index (χ4v) is 5.90. The summed E-state index contributed by atoms with van der Waals surface area (Å²) in [4.78, 5) is 21.5. The molecule has 0 radical (unpaired) electrons. The Morgan fingerprint density at radius 2 is 1.72 bits per heavy atom. The molecule has 0 aliphatic heterocycles. The molecule has 1 aromatic heterocycles. The molecule has 0 spiro atoms. The van der Waals surface area contributed by atoms with Crippen molar-refractivity contribution in [2.75, 3.05) is 44.1 Å². The van der Waals surface area contributed by atoms with Gasteiger partial charge in [-0.3, -0.25) is 9.69 Å². The summed E-state index contributed by atoms with van der Waals surface area (Å²) in [5.41, 5.74) is 0.542. The van der Waals surface area contributed by atoms with Gasteiger partial charge in [-0.25, -0.2) is 21.8 Å². The van der Waals surface area contributed by atoms with E-state index >= 15 is 0 Å². The number of fused-ring (bicyclic) bond motifs is 1. The van der Waals surface area contributed by atoms with Gasteiger partial charge in [0.05, 0.1) is 20.2 Å². The largest absolute Gasteiger partial charge is 0.308 e. The van der Waals surface area contributed by atoms with Crippen molar-refractivity contribution in [3.05, 3.63) is 48.0 Å². The third-order valence-corrected chi connectivity index (χ3v) is 8.74. The number of aromatic nitrogens is 1. The monoisotopic (exact) mass is 495 g/mol. The Hall–Kier alpha value is -2.34. The summed E-state index contributed by atoms with van der Waals surface area (Å²) in [6.45, 7) is 2.38. The lowest BCUT2D eigenvalue weighted by molar-refractivity contribution is 0.0985. The number of nitrogens with zero attached hydrogens (tertiary/aromatic N) is 3. The van der Waals surface area contributed by atoms with Gasteiger partial charge in [0.2, 0.25) is 0 Å². The number of carbonyl (C=O) groups is 1. The average Bonchev–Trinajstić information content (AvgIpc) is 3.16. The first-order valence-corrected chi connectivity index (χ1v) is 14.2. The highest BCUT2D eigenvalue weighted by atomic mass is 32.2. The first-order valence-electron chi connectivity index (χ1n) is 9.83. The van der Waals surface area contributed by atoms with Crippen molar-refractivity contribution in [1.29, 1.82) is 0 Å². The van der Waals surface area contributed by atoms with Crippen LogP contribution in [0.15, 0.2) is 52.3 Å². The number of hydrogen-bond acceptors (Lipinski definition) is 8. The van der Waals surface area contributed by atoms with Crippen LogP contribution in [0.2, 0.25) is 0 Å². The molecule has 172 valence electrons. The maximum absolute atomic E-state index is 13.4. The summed E-state index contributed by atoms with van der Waals surface area (Å²) < 4.78 is 49.6. The molecule has 0 atom stereocenters. The maximum atomic E-state index is 13.4. The number of anilines is 1. The zero-order chi connectivity index (χ0) is 23.7. The molecule has 0 bridgehead atoms. The van der Waals surface area contributed by atoms with Gasteiger partial charge in [0.1, 0.15) is 5.52 Å². The summed E-state index contributed by atoms with van der Waals surface area (Å²) in [7, 11) is -3.23. The van der Waals surface area contributed by atoms with E-state index in [1.54, 1.807) is 31.2 Å². The van der Waals surface area contributed by atoms with E-state index in [2.05, 4.69) is 4.98 Å². The Labute approximate surface area is 192 Å². The third kappa shape index (κ3) is 5.17. The van der Waals surface area contributed by atoms with Crippen LogP contribution in [-0.2, 0) is 19.7 Å². The van der Waals surface area contributed by atoms with Crippen LogP contribution in [0, 0.1) is 0 Å². The van der Waals surface area contributed by atoms with Crippen molar-refractivity contribution in [3.8, 4) is 0 Å². The first-order chi connectivity index (χ1) is 14.9. The fraction of sp³-hybridized carbons (Fsp3) is 0.333. The molecule has 0 saturated carbocycles. The van der Waals surface area contributed by atoms with E-state index in [0.717, 1.165) is 6.26 Å². The molecule has 0 fully saturated rings. The molecule has 0 N–H and O–H groups in total. The molecule has 32 heavy (non-hydrogen) atoms. The summed E-state index contributed by atoms with van der Waals surface area (Å²) in [6, 6.07) is 10.8. The molecular formula is C21H25N3O5S3. The van der Waals surface area contributed by atoms with Gasteiger partial charge in [0.25, 0.3) is 5.91 Å². The number of likely N-dealkylation sites (N-methyl/N-ethyl adjacent to an activating group) is 1. The molecule has 0 unspecified atom stereocenters. The minimum absolute atomic E-state index is 0.0683. The van der Waals surface area contributed by atoms with Gasteiger partial charge in [-0.05, 0) is 44.4 Å². The second kappa shape index (κ2) is 9.26. The Morgan fingerprint density at radius 1 is 1.03 bits per heavy atom. The Bertz CT molecular complexity index is 1360. The predicted octanol–water partition coefficient (Wildman–Crippen LogP) is 2.70. The number of para-hydroxylation sites is 1. The quantitative estimate of drug-likeness (QED) is 0.473. The van der Waals surface area contributed by atoms with E-state index in [0.29, 0.717) is 28.4 Å². The first kappa shape index (κ1) is 24.3. The molecule has 2 aromatic carbocycles. The molecular weight excluding hydrogens is 470 g/mol. The zero-order valence-corrected chi connectivity index (χ0v) is 20.7. The smallest absolute Gasteiger partial charge is 0.260 e. The Kier molecular flexibility index (Phi) is 7.03. The highest BCUT2D eigenvalue weighted by Gasteiger charge is 2.24. The zero-order valence-electron chi connectivity index (χ0n) is 18.3. The van der Waals surface area contributed by atoms with E-state index < -0.39 is 25.6 Å². The standard InChI is InChI=1S/C21H25N3O5S3/c1-5-32(28,29)16-9-6-8-15(14-16)20(25)24(13-12-23(2)3)21-22-19-17(30-21)10-7-11-18(19)31(4,26)27/h6-11,14H,5,12-13H2,1-4H3. The summed E-state index contributed by atoms with van der Waals surface area (Å²) in [5.74, 6) is -0.471. The van der Waals surface area contributed by atoms with E-state index in [1.165, 1.54) is 34.4 Å². The minimum atomic E-state index is -3.50. The van der Waals surface area contributed by atoms with Crippen molar-refractivity contribution in [2.45, 2.75) is 16.7 Å². The number of thiazole rings is 1. The Balaban J connectivity index is 2.10. The van der Waals surface area contributed by atoms with Crippen LogP contribution in [0.5, 0.6) is 0 Å². The van der Waals surface area contributed by atoms with Gasteiger partial charge >= 0.3 is 0 Å². The van der Waals surface area contributed by atoms with Crippen LogP contribution in [0.25, 0.3) is 10.2 Å². The highest BCUT2D eigenvalue weighted by Crippen LogP contribution is 2.33. The molecule has 1 amide bonds. The summed E-state index contributed by atoms with van der Waals surface area (Å²) in [6.07, 6.45) is 1.12. The van der Waals surface area contributed by atoms with Crippen molar-refractivity contribution in [2.24, 2.45) is 0 Å². The van der Waals surface area contributed by atoms with Crippen molar-refractivity contribution < 1.29 is 21.6 Å². The molecule has 3 rings (SSSR count). The lowest BCUT2D eigenvalue weighted by Gasteiger charge is -2.22. The van der Waals surface area contributed by atoms with Gasteiger partial charge in [0.15, 0.2) is 24.8 Å². The number of benzene rings is 2. The number of carbonyl (C=O) groups excluding carboxylic acids is 1. The molecule has 0 saturated heterocycles. The van der Waals surface area contributed by atoms with Crippen LogP contribution in [0.4, 0.5) is 5.13 Å². The van der Waals surface area contributed by atoms with Gasteiger partial charge in [-0.2, -0.15) is 0 Å². The molecule has 1 heterocycles. The van der Waals surface area contributed by atoms with Crippen molar-refractivity contribution in [3.63, 3.8) is 0 Å². The predicted molar refractivity (Wildman–Crippen MR) is 127 cm³/mol. The van der Waals surface area contributed by atoms with E-state index in [-0.39, 0.29) is 21.1 Å².